The summed E-state index contributed by atoms with van der Waals surface area (Å²) >= 11 is 1.68. The van der Waals surface area contributed by atoms with Crippen LogP contribution in [0.3, 0.4) is 0 Å². The van der Waals surface area contributed by atoms with Gasteiger partial charge >= 0.3 is 0 Å². The van der Waals surface area contributed by atoms with Gasteiger partial charge in [0.2, 0.25) is 0 Å². The smallest absolute Gasteiger partial charge is 0.0794 e. The van der Waals surface area contributed by atoms with Gasteiger partial charge in [0, 0.05) is 5.38 Å². The van der Waals surface area contributed by atoms with Crippen LogP contribution >= 0.6 is 11.3 Å². The standard InChI is InChI=1S/C8H13NS/c1-7(2)3-4-8-5-10-6-9-8/h5-7H,3-4H2,1-2H3. The Balaban J connectivity index is 2.28. The minimum atomic E-state index is 0.793. The van der Waals surface area contributed by atoms with Gasteiger partial charge in [-0.1, -0.05) is 13.8 Å². The van der Waals surface area contributed by atoms with Crippen LogP contribution in [0.15, 0.2) is 10.9 Å². The van der Waals surface area contributed by atoms with E-state index in [1.165, 1.54) is 12.1 Å². The minimum absolute atomic E-state index is 0.793. The Labute approximate surface area is 66.1 Å². The van der Waals surface area contributed by atoms with E-state index in [9.17, 15) is 0 Å². The second-order valence-corrected chi connectivity index (χ2v) is 3.63. The summed E-state index contributed by atoms with van der Waals surface area (Å²) in [6, 6.07) is 0. The van der Waals surface area contributed by atoms with Crippen molar-refractivity contribution in [2.24, 2.45) is 5.92 Å². The number of hydrogen-bond donors (Lipinski definition) is 0. The highest BCUT2D eigenvalue weighted by atomic mass is 32.1. The summed E-state index contributed by atoms with van der Waals surface area (Å²) in [6.07, 6.45) is 2.39. The van der Waals surface area contributed by atoms with Gasteiger partial charge in [-0.3, -0.25) is 0 Å². The van der Waals surface area contributed by atoms with Crippen LogP contribution < -0.4 is 0 Å². The molecule has 0 unspecified atom stereocenters. The molecule has 0 aliphatic heterocycles. The molecule has 0 aromatic carbocycles. The maximum atomic E-state index is 4.21. The Morgan fingerprint density at radius 3 is 2.90 bits per heavy atom. The third kappa shape index (κ3) is 2.48. The molecule has 1 nitrogen and oxygen atoms in total. The van der Waals surface area contributed by atoms with E-state index in [1.807, 2.05) is 5.51 Å². The molecular formula is C8H13NS. The zero-order valence-electron chi connectivity index (χ0n) is 6.50. The van der Waals surface area contributed by atoms with E-state index in [0.717, 1.165) is 12.3 Å². The first-order valence-corrected chi connectivity index (χ1v) is 4.60. The highest BCUT2D eigenvalue weighted by Gasteiger charge is 1.96. The quantitative estimate of drug-likeness (QED) is 0.654. The van der Waals surface area contributed by atoms with Gasteiger partial charge in [0.1, 0.15) is 0 Å². The molecule has 0 amide bonds. The van der Waals surface area contributed by atoms with E-state index < -0.39 is 0 Å². The molecule has 0 radical (unpaired) electrons. The van der Waals surface area contributed by atoms with Gasteiger partial charge in [0.05, 0.1) is 11.2 Å². The molecule has 0 spiro atoms. The normalized spacial score (nSPS) is 10.7. The number of hydrogen-bond acceptors (Lipinski definition) is 2. The van der Waals surface area contributed by atoms with Crippen molar-refractivity contribution >= 4 is 11.3 Å². The van der Waals surface area contributed by atoms with Crippen LogP contribution in [0.4, 0.5) is 0 Å². The van der Waals surface area contributed by atoms with Gasteiger partial charge in [-0.05, 0) is 18.8 Å². The highest BCUT2D eigenvalue weighted by Crippen LogP contribution is 2.08. The molecule has 1 aromatic heterocycles. The number of aromatic nitrogens is 1. The lowest BCUT2D eigenvalue weighted by molar-refractivity contribution is 0.582. The van der Waals surface area contributed by atoms with Crippen LogP contribution in [0.1, 0.15) is 26.0 Å². The Kier molecular flexibility index (Phi) is 2.87. The fourth-order valence-electron chi connectivity index (χ4n) is 0.798. The molecule has 0 aliphatic carbocycles. The van der Waals surface area contributed by atoms with E-state index in [0.29, 0.717) is 0 Å². The molecule has 1 heterocycles. The van der Waals surface area contributed by atoms with Crippen molar-refractivity contribution in [3.8, 4) is 0 Å². The maximum absolute atomic E-state index is 4.21. The summed E-state index contributed by atoms with van der Waals surface area (Å²) in [5.74, 6) is 0.793. The summed E-state index contributed by atoms with van der Waals surface area (Å²) in [7, 11) is 0. The van der Waals surface area contributed by atoms with Gasteiger partial charge < -0.3 is 0 Å². The van der Waals surface area contributed by atoms with E-state index in [4.69, 9.17) is 0 Å². The van der Waals surface area contributed by atoms with Gasteiger partial charge in [-0.25, -0.2) is 4.98 Å². The minimum Gasteiger partial charge on any atom is -0.250 e. The SMILES string of the molecule is CC(C)CCc1cscn1. The predicted molar refractivity (Wildman–Crippen MR) is 45.3 cm³/mol. The average Bonchev–Trinajstić information content (AvgIpc) is 2.34. The number of nitrogens with zero attached hydrogens (tertiary/aromatic N) is 1. The molecule has 0 aliphatic rings. The lowest BCUT2D eigenvalue weighted by Gasteiger charge is -1.99. The monoisotopic (exact) mass is 155 g/mol. The molecule has 0 atom stereocenters. The first-order valence-electron chi connectivity index (χ1n) is 3.66. The largest absolute Gasteiger partial charge is 0.250 e. The van der Waals surface area contributed by atoms with Gasteiger partial charge in [-0.15, -0.1) is 11.3 Å². The van der Waals surface area contributed by atoms with Crippen molar-refractivity contribution in [2.45, 2.75) is 26.7 Å². The molecule has 0 bridgehead atoms. The van der Waals surface area contributed by atoms with Crippen molar-refractivity contribution in [3.63, 3.8) is 0 Å². The summed E-state index contributed by atoms with van der Waals surface area (Å²) in [6.45, 7) is 4.48. The molecule has 2 heteroatoms. The summed E-state index contributed by atoms with van der Waals surface area (Å²) in [4.78, 5) is 4.21. The zero-order valence-corrected chi connectivity index (χ0v) is 7.32. The fraction of sp³-hybridized carbons (Fsp3) is 0.625. The second-order valence-electron chi connectivity index (χ2n) is 2.91. The first kappa shape index (κ1) is 7.73. The van der Waals surface area contributed by atoms with E-state index in [-0.39, 0.29) is 0 Å². The second kappa shape index (κ2) is 3.71. The number of rotatable bonds is 3. The molecule has 0 saturated carbocycles. The third-order valence-electron chi connectivity index (χ3n) is 1.46. The number of aryl methyl sites for hydroxylation is 1. The highest BCUT2D eigenvalue weighted by molar-refractivity contribution is 7.07. The van der Waals surface area contributed by atoms with Crippen LogP contribution in [-0.2, 0) is 6.42 Å². The summed E-state index contributed by atoms with van der Waals surface area (Å²) in [5.41, 5.74) is 3.15. The van der Waals surface area contributed by atoms with E-state index in [1.54, 1.807) is 11.3 Å². The van der Waals surface area contributed by atoms with Crippen LogP contribution in [0.5, 0.6) is 0 Å². The number of thiazole rings is 1. The Morgan fingerprint density at radius 1 is 1.60 bits per heavy atom. The molecule has 1 aromatic rings. The van der Waals surface area contributed by atoms with Crippen molar-refractivity contribution in [1.29, 1.82) is 0 Å². The van der Waals surface area contributed by atoms with Crippen molar-refractivity contribution < 1.29 is 0 Å². The summed E-state index contributed by atoms with van der Waals surface area (Å²) < 4.78 is 0. The van der Waals surface area contributed by atoms with Crippen LogP contribution in [0, 0.1) is 5.92 Å². The molecule has 1 rings (SSSR count). The molecule has 0 N–H and O–H groups in total. The van der Waals surface area contributed by atoms with Crippen LogP contribution in [0.25, 0.3) is 0 Å². The van der Waals surface area contributed by atoms with Crippen molar-refractivity contribution in [1.82, 2.24) is 4.98 Å². The molecule has 10 heavy (non-hydrogen) atoms. The van der Waals surface area contributed by atoms with Gasteiger partial charge in [0.25, 0.3) is 0 Å². The topological polar surface area (TPSA) is 12.9 Å². The third-order valence-corrected chi connectivity index (χ3v) is 2.10. The molecule has 0 saturated heterocycles. The predicted octanol–water partition coefficient (Wildman–Crippen LogP) is 2.73. The maximum Gasteiger partial charge on any atom is 0.0794 e. The Hall–Kier alpha value is -0.370. The molecule has 56 valence electrons. The van der Waals surface area contributed by atoms with Crippen LogP contribution in [0.2, 0.25) is 0 Å². The Morgan fingerprint density at radius 2 is 2.40 bits per heavy atom. The van der Waals surface area contributed by atoms with Crippen molar-refractivity contribution in [3.05, 3.63) is 16.6 Å². The molecule has 0 fully saturated rings. The zero-order chi connectivity index (χ0) is 7.40. The van der Waals surface area contributed by atoms with Crippen molar-refractivity contribution in [2.75, 3.05) is 0 Å². The Bertz CT molecular complexity index is 167. The van der Waals surface area contributed by atoms with E-state index >= 15 is 0 Å². The van der Waals surface area contributed by atoms with Crippen LogP contribution in [-0.4, -0.2) is 4.98 Å². The fourth-order valence-corrected chi connectivity index (χ4v) is 1.39. The lowest BCUT2D eigenvalue weighted by atomic mass is 10.1. The van der Waals surface area contributed by atoms with E-state index in [2.05, 4.69) is 24.2 Å². The lowest BCUT2D eigenvalue weighted by Crippen LogP contribution is -1.91. The van der Waals surface area contributed by atoms with Gasteiger partial charge in [-0.2, -0.15) is 0 Å². The first-order chi connectivity index (χ1) is 4.79. The average molecular weight is 155 g/mol. The van der Waals surface area contributed by atoms with Gasteiger partial charge in [0.15, 0.2) is 0 Å². The molecular weight excluding hydrogens is 142 g/mol. The summed E-state index contributed by atoms with van der Waals surface area (Å²) in [5, 5.41) is 2.13.